The zero-order valence-corrected chi connectivity index (χ0v) is 23.5. The standard InChI is InChI=1S/C28H32BrN3O7/c1-4-38-19-11-7-16(8-12-19)30-25(34)21-22-27(36)32(15(2)14-33)24(28(22)13-20(29)23(21)39-28)26(35)31-17-5-9-18(37-3)10-6-17/h5-12,15,20-24,33H,4,13-14H2,1-3H3,(H,30,34)(H,31,35)/t15-,20?,21+,22+,23+,24?,28?/m1/s1. The summed E-state index contributed by atoms with van der Waals surface area (Å²) in [4.78, 5) is 42.5. The largest absolute Gasteiger partial charge is 0.497 e. The van der Waals surface area contributed by atoms with Crippen molar-refractivity contribution in [2.75, 3.05) is 31.0 Å². The number of carbonyl (C=O) groups is 3. The summed E-state index contributed by atoms with van der Waals surface area (Å²) in [5.41, 5.74) is -0.139. The molecule has 11 heteroatoms. The lowest BCUT2D eigenvalue weighted by molar-refractivity contribution is -0.142. The normalized spacial score (nSPS) is 29.6. The van der Waals surface area contributed by atoms with E-state index < -0.39 is 41.5 Å². The molecule has 0 radical (unpaired) electrons. The van der Waals surface area contributed by atoms with E-state index in [1.165, 1.54) is 4.90 Å². The molecule has 3 heterocycles. The number of alkyl halides is 1. The topological polar surface area (TPSA) is 126 Å². The van der Waals surface area contributed by atoms with Crippen molar-refractivity contribution in [2.24, 2.45) is 11.8 Å². The molecule has 3 aliphatic rings. The van der Waals surface area contributed by atoms with Gasteiger partial charge in [-0.15, -0.1) is 0 Å². The van der Waals surface area contributed by atoms with Crippen LogP contribution in [0.5, 0.6) is 11.5 Å². The van der Waals surface area contributed by atoms with E-state index in [9.17, 15) is 19.5 Å². The Morgan fingerprint density at radius 2 is 1.69 bits per heavy atom. The van der Waals surface area contributed by atoms with E-state index in [4.69, 9.17) is 14.2 Å². The van der Waals surface area contributed by atoms with Crippen LogP contribution in [-0.2, 0) is 19.1 Å². The van der Waals surface area contributed by atoms with Crippen LogP contribution >= 0.6 is 15.9 Å². The fourth-order valence-corrected chi connectivity index (χ4v) is 7.08. The molecule has 3 amide bonds. The van der Waals surface area contributed by atoms with Crippen molar-refractivity contribution in [1.82, 2.24) is 4.90 Å². The first kappa shape index (κ1) is 27.4. The molecular weight excluding hydrogens is 570 g/mol. The van der Waals surface area contributed by atoms with Gasteiger partial charge in [0.05, 0.1) is 44.3 Å². The summed E-state index contributed by atoms with van der Waals surface area (Å²) < 4.78 is 17.1. The zero-order valence-electron chi connectivity index (χ0n) is 21.9. The quantitative estimate of drug-likeness (QED) is 0.377. The predicted octanol–water partition coefficient (Wildman–Crippen LogP) is 2.80. The Labute approximate surface area is 235 Å². The number of likely N-dealkylation sites (tertiary alicyclic amines) is 1. The molecule has 3 unspecified atom stereocenters. The first-order valence-corrected chi connectivity index (χ1v) is 13.9. The number of nitrogens with zero attached hydrogens (tertiary/aromatic N) is 1. The van der Waals surface area contributed by atoms with Crippen LogP contribution in [0.2, 0.25) is 0 Å². The van der Waals surface area contributed by atoms with Crippen molar-refractivity contribution < 1.29 is 33.7 Å². The molecule has 2 bridgehead atoms. The second-order valence-corrected chi connectivity index (χ2v) is 11.3. The summed E-state index contributed by atoms with van der Waals surface area (Å²) in [7, 11) is 1.55. The van der Waals surface area contributed by atoms with E-state index in [2.05, 4.69) is 26.6 Å². The number of fused-ring (bicyclic) bond motifs is 1. The van der Waals surface area contributed by atoms with E-state index in [-0.39, 0.29) is 23.2 Å². The first-order valence-electron chi connectivity index (χ1n) is 13.0. The van der Waals surface area contributed by atoms with E-state index in [0.29, 0.717) is 35.9 Å². The molecular formula is C28H32BrN3O7. The summed E-state index contributed by atoms with van der Waals surface area (Å²) in [5, 5.41) is 15.8. The second kappa shape index (κ2) is 10.8. The minimum Gasteiger partial charge on any atom is -0.497 e. The average Bonchev–Trinajstić information content (AvgIpc) is 3.53. The number of hydrogen-bond acceptors (Lipinski definition) is 7. The van der Waals surface area contributed by atoms with Gasteiger partial charge in [-0.3, -0.25) is 14.4 Å². The Hall–Kier alpha value is -3.15. The van der Waals surface area contributed by atoms with Crippen LogP contribution in [0.3, 0.4) is 0 Å². The lowest BCUT2D eigenvalue weighted by Gasteiger charge is -2.35. The van der Waals surface area contributed by atoms with Gasteiger partial charge < -0.3 is 34.9 Å². The Morgan fingerprint density at radius 1 is 1.10 bits per heavy atom. The number of methoxy groups -OCH3 is 1. The Morgan fingerprint density at radius 3 is 2.26 bits per heavy atom. The van der Waals surface area contributed by atoms with E-state index in [1.807, 2.05) is 6.92 Å². The van der Waals surface area contributed by atoms with Crippen LogP contribution in [0, 0.1) is 11.8 Å². The van der Waals surface area contributed by atoms with E-state index in [0.717, 1.165) is 0 Å². The van der Waals surface area contributed by atoms with Gasteiger partial charge in [-0.2, -0.15) is 0 Å². The Kier molecular flexibility index (Phi) is 7.58. The van der Waals surface area contributed by atoms with Gasteiger partial charge in [0.25, 0.3) is 0 Å². The van der Waals surface area contributed by atoms with Gasteiger partial charge in [-0.1, -0.05) is 15.9 Å². The summed E-state index contributed by atoms with van der Waals surface area (Å²) in [6, 6.07) is 12.1. The number of ether oxygens (including phenoxy) is 3. The van der Waals surface area contributed by atoms with E-state index >= 15 is 0 Å². The van der Waals surface area contributed by atoms with Gasteiger partial charge in [0.1, 0.15) is 23.1 Å². The predicted molar refractivity (Wildman–Crippen MR) is 147 cm³/mol. The lowest BCUT2D eigenvalue weighted by atomic mass is 9.70. The minimum atomic E-state index is -1.23. The maximum Gasteiger partial charge on any atom is 0.250 e. The molecule has 3 N–H and O–H groups in total. The van der Waals surface area contributed by atoms with Gasteiger partial charge in [0.15, 0.2) is 0 Å². The number of hydrogen-bond donors (Lipinski definition) is 3. The number of amides is 3. The van der Waals surface area contributed by atoms with Crippen LogP contribution in [0.4, 0.5) is 11.4 Å². The molecule has 10 nitrogen and oxygen atoms in total. The summed E-state index contributed by atoms with van der Waals surface area (Å²) in [6.07, 6.45) is -0.222. The molecule has 5 rings (SSSR count). The fourth-order valence-electron chi connectivity index (χ4n) is 6.14. The number of aliphatic hydroxyl groups is 1. The van der Waals surface area contributed by atoms with Crippen LogP contribution in [0.1, 0.15) is 20.3 Å². The summed E-state index contributed by atoms with van der Waals surface area (Å²) in [5.74, 6) is -1.55. The van der Waals surface area contributed by atoms with Crippen molar-refractivity contribution in [3.8, 4) is 11.5 Å². The van der Waals surface area contributed by atoms with Crippen molar-refractivity contribution in [2.45, 2.75) is 48.9 Å². The highest BCUT2D eigenvalue weighted by molar-refractivity contribution is 9.09. The minimum absolute atomic E-state index is 0.238. The number of nitrogens with one attached hydrogen (secondary N) is 2. The zero-order chi connectivity index (χ0) is 27.9. The average molecular weight is 602 g/mol. The highest BCUT2D eigenvalue weighted by Gasteiger charge is 2.76. The van der Waals surface area contributed by atoms with Crippen molar-refractivity contribution >= 4 is 45.0 Å². The highest BCUT2D eigenvalue weighted by Crippen LogP contribution is 2.60. The smallest absolute Gasteiger partial charge is 0.250 e. The third-order valence-electron chi connectivity index (χ3n) is 7.81. The maximum absolute atomic E-state index is 13.9. The first-order chi connectivity index (χ1) is 18.7. The van der Waals surface area contributed by atoms with Gasteiger partial charge in [-0.05, 0) is 68.8 Å². The van der Waals surface area contributed by atoms with Gasteiger partial charge in [0.2, 0.25) is 17.7 Å². The van der Waals surface area contributed by atoms with Crippen molar-refractivity contribution in [1.29, 1.82) is 0 Å². The van der Waals surface area contributed by atoms with Crippen LogP contribution in [0.15, 0.2) is 48.5 Å². The summed E-state index contributed by atoms with van der Waals surface area (Å²) >= 11 is 3.65. The third-order valence-corrected chi connectivity index (χ3v) is 8.65. The molecule has 0 aliphatic carbocycles. The number of halogens is 1. The monoisotopic (exact) mass is 601 g/mol. The number of aliphatic hydroxyl groups excluding tert-OH is 1. The van der Waals surface area contributed by atoms with Crippen molar-refractivity contribution in [3.63, 3.8) is 0 Å². The number of rotatable bonds is 9. The van der Waals surface area contributed by atoms with Crippen LogP contribution < -0.4 is 20.1 Å². The summed E-state index contributed by atoms with van der Waals surface area (Å²) in [6.45, 7) is 3.75. The molecule has 2 aromatic rings. The third kappa shape index (κ3) is 4.66. The number of anilines is 2. The molecule has 3 saturated heterocycles. The number of carbonyl (C=O) groups excluding carboxylic acids is 3. The SMILES string of the molecule is CCOc1ccc(NC(=O)[C@H]2[C@H]3C(=O)N([C@H](C)CO)C(C(=O)Nc4ccc(OC)cc4)C34CC(Br)[C@@H]2O4)cc1. The Balaban J connectivity index is 1.45. The second-order valence-electron chi connectivity index (χ2n) is 10.1. The van der Waals surface area contributed by atoms with Crippen LogP contribution in [0.25, 0.3) is 0 Å². The molecule has 3 aliphatic heterocycles. The molecule has 0 saturated carbocycles. The highest BCUT2D eigenvalue weighted by atomic mass is 79.9. The fraction of sp³-hybridized carbons (Fsp3) is 0.464. The van der Waals surface area contributed by atoms with E-state index in [1.54, 1.807) is 62.6 Å². The van der Waals surface area contributed by atoms with Crippen molar-refractivity contribution in [3.05, 3.63) is 48.5 Å². The molecule has 7 atom stereocenters. The number of benzene rings is 2. The molecule has 39 heavy (non-hydrogen) atoms. The van der Waals surface area contributed by atoms with Gasteiger partial charge in [-0.25, -0.2) is 0 Å². The van der Waals surface area contributed by atoms with Gasteiger partial charge >= 0.3 is 0 Å². The van der Waals surface area contributed by atoms with Crippen LogP contribution in [-0.4, -0.2) is 76.7 Å². The van der Waals surface area contributed by atoms with Gasteiger partial charge in [0, 0.05) is 16.2 Å². The molecule has 208 valence electrons. The Bertz CT molecular complexity index is 1240. The molecule has 2 aromatic carbocycles. The molecule has 1 spiro atoms. The lowest BCUT2D eigenvalue weighted by Crippen LogP contribution is -2.56. The molecule has 3 fully saturated rings. The maximum atomic E-state index is 13.9. The molecule has 0 aromatic heterocycles.